The summed E-state index contributed by atoms with van der Waals surface area (Å²) in [7, 11) is 2.13. The van der Waals surface area contributed by atoms with Crippen LogP contribution in [-0.2, 0) is 0 Å². The van der Waals surface area contributed by atoms with Crippen molar-refractivity contribution in [3.05, 3.63) is 52.5 Å². The van der Waals surface area contributed by atoms with Gasteiger partial charge >= 0.3 is 0 Å². The molecule has 1 atom stereocenters. The zero-order valence-corrected chi connectivity index (χ0v) is 15.3. The van der Waals surface area contributed by atoms with Gasteiger partial charge in [0, 0.05) is 30.1 Å². The molecule has 0 saturated heterocycles. The first kappa shape index (κ1) is 16.8. The van der Waals surface area contributed by atoms with E-state index in [-0.39, 0.29) is 11.3 Å². The summed E-state index contributed by atoms with van der Waals surface area (Å²) in [6.07, 6.45) is 2.90. The van der Waals surface area contributed by atoms with Crippen molar-refractivity contribution in [3.63, 3.8) is 0 Å². The van der Waals surface area contributed by atoms with Crippen LogP contribution in [0.25, 0.3) is 0 Å². The third-order valence-corrected chi connectivity index (χ3v) is 5.28. The Hall–Kier alpha value is -2.00. The van der Waals surface area contributed by atoms with Crippen molar-refractivity contribution in [2.24, 2.45) is 4.99 Å². The predicted molar refractivity (Wildman–Crippen MR) is 102 cm³/mol. The Bertz CT molecular complexity index is 781. The molecule has 3 rings (SSSR count). The van der Waals surface area contributed by atoms with Crippen LogP contribution in [0.15, 0.2) is 41.4 Å². The fourth-order valence-electron chi connectivity index (χ4n) is 3.39. The molecule has 0 saturated carbocycles. The van der Waals surface area contributed by atoms with Gasteiger partial charge in [-0.1, -0.05) is 18.5 Å². The van der Waals surface area contributed by atoms with Gasteiger partial charge in [0.25, 0.3) is 0 Å². The summed E-state index contributed by atoms with van der Waals surface area (Å²) in [6.45, 7) is 6.80. The molecule has 24 heavy (non-hydrogen) atoms. The van der Waals surface area contributed by atoms with Gasteiger partial charge in [-0.2, -0.15) is 0 Å². The average molecular weight is 343 g/mol. The third-order valence-electron chi connectivity index (χ3n) is 4.95. The fourth-order valence-corrected chi connectivity index (χ4v) is 3.59. The molecular formula is C20H23ClN2O. The molecule has 0 fully saturated rings. The Morgan fingerprint density at radius 1 is 1.25 bits per heavy atom. The number of hydrogen-bond acceptors (Lipinski definition) is 3. The second-order valence-corrected chi connectivity index (χ2v) is 7.59. The zero-order chi connectivity index (χ0) is 17.5. The van der Waals surface area contributed by atoms with E-state index >= 15 is 0 Å². The van der Waals surface area contributed by atoms with Crippen molar-refractivity contribution < 1.29 is 5.11 Å². The summed E-state index contributed by atoms with van der Waals surface area (Å²) in [5, 5.41) is 10.0. The summed E-state index contributed by atoms with van der Waals surface area (Å²) < 4.78 is 0. The largest absolute Gasteiger partial charge is 0.508 e. The smallest absolute Gasteiger partial charge is 0.115 e. The number of hydrogen-bond donors (Lipinski definition) is 1. The van der Waals surface area contributed by atoms with E-state index in [2.05, 4.69) is 43.8 Å². The molecule has 0 aromatic heterocycles. The molecule has 2 aromatic carbocycles. The molecule has 0 bridgehead atoms. The van der Waals surface area contributed by atoms with Crippen LogP contribution in [-0.4, -0.2) is 23.9 Å². The Labute approximate surface area is 148 Å². The maximum Gasteiger partial charge on any atom is 0.115 e. The van der Waals surface area contributed by atoms with Crippen LogP contribution in [0.5, 0.6) is 5.75 Å². The van der Waals surface area contributed by atoms with E-state index < -0.39 is 0 Å². The van der Waals surface area contributed by atoms with E-state index in [0.29, 0.717) is 10.9 Å². The number of phenols is 1. The lowest BCUT2D eigenvalue weighted by Crippen LogP contribution is -2.45. The van der Waals surface area contributed by atoms with Gasteiger partial charge in [0.05, 0.1) is 10.7 Å². The first-order valence-electron chi connectivity index (χ1n) is 8.18. The Morgan fingerprint density at radius 3 is 2.58 bits per heavy atom. The van der Waals surface area contributed by atoms with E-state index in [1.54, 1.807) is 30.5 Å². The highest BCUT2D eigenvalue weighted by Crippen LogP contribution is 2.44. The molecule has 1 heterocycles. The molecule has 2 aromatic rings. The van der Waals surface area contributed by atoms with Gasteiger partial charge in [0.1, 0.15) is 5.75 Å². The van der Waals surface area contributed by atoms with Crippen LogP contribution >= 0.6 is 11.6 Å². The summed E-state index contributed by atoms with van der Waals surface area (Å²) in [6, 6.07) is 11.0. The number of nitrogens with zero attached hydrogens (tertiary/aromatic N) is 2. The van der Waals surface area contributed by atoms with Gasteiger partial charge in [-0.25, -0.2) is 0 Å². The Morgan fingerprint density at radius 2 is 1.92 bits per heavy atom. The van der Waals surface area contributed by atoms with Crippen LogP contribution in [0.4, 0.5) is 11.4 Å². The maximum atomic E-state index is 9.34. The molecular weight excluding hydrogens is 320 g/mol. The molecule has 4 heteroatoms. The van der Waals surface area contributed by atoms with Crippen molar-refractivity contribution in [3.8, 4) is 5.75 Å². The Balaban J connectivity index is 1.97. The quantitative estimate of drug-likeness (QED) is 0.729. The van der Waals surface area contributed by atoms with Gasteiger partial charge < -0.3 is 10.0 Å². The highest BCUT2D eigenvalue weighted by molar-refractivity contribution is 6.33. The number of phenolic OH excluding ortho intramolecular Hbond substituents is 1. The molecule has 126 valence electrons. The van der Waals surface area contributed by atoms with Gasteiger partial charge in [-0.3, -0.25) is 4.99 Å². The minimum absolute atomic E-state index is 0.122. The maximum absolute atomic E-state index is 9.34. The van der Waals surface area contributed by atoms with Crippen molar-refractivity contribution >= 4 is 29.2 Å². The molecule has 1 aliphatic heterocycles. The fraction of sp³-hybridized carbons (Fsp3) is 0.350. The number of aromatic hydroxyl groups is 1. The molecule has 3 nitrogen and oxygen atoms in total. The van der Waals surface area contributed by atoms with Gasteiger partial charge in [-0.05, 0) is 68.1 Å². The van der Waals surface area contributed by atoms with Crippen LogP contribution < -0.4 is 4.90 Å². The van der Waals surface area contributed by atoms with Gasteiger partial charge in [-0.15, -0.1) is 0 Å². The number of benzene rings is 2. The Kier molecular flexibility index (Phi) is 4.31. The van der Waals surface area contributed by atoms with Gasteiger partial charge in [0.2, 0.25) is 0 Å². The summed E-state index contributed by atoms with van der Waals surface area (Å²) >= 11 is 6.50. The molecule has 0 radical (unpaired) electrons. The first-order chi connectivity index (χ1) is 11.3. The molecule has 1 N–H and O–H groups in total. The second-order valence-electron chi connectivity index (χ2n) is 7.18. The average Bonchev–Trinajstić information content (AvgIpc) is 2.52. The predicted octanol–water partition coefficient (Wildman–Crippen LogP) is 5.52. The minimum Gasteiger partial charge on any atom is -0.508 e. The monoisotopic (exact) mass is 342 g/mol. The molecule has 1 aliphatic rings. The number of aliphatic imine (C=N–C) groups is 1. The highest BCUT2D eigenvalue weighted by atomic mass is 35.5. The topological polar surface area (TPSA) is 35.8 Å². The number of halogens is 1. The van der Waals surface area contributed by atoms with Crippen LogP contribution in [0.3, 0.4) is 0 Å². The van der Waals surface area contributed by atoms with Crippen molar-refractivity contribution in [1.82, 2.24) is 0 Å². The van der Waals surface area contributed by atoms with Crippen LogP contribution in [0.1, 0.15) is 44.2 Å². The van der Waals surface area contributed by atoms with Crippen LogP contribution in [0, 0.1) is 0 Å². The number of anilines is 1. The standard InChI is InChI=1S/C20H23ClN2O/c1-13-11-20(2,3)23(4)19-10-18(21)14(9-17(13)19)12-22-15-5-7-16(24)8-6-15/h5-10,12-13,24H,11H2,1-4H3/t13-/m0/s1. The molecule has 0 aliphatic carbocycles. The molecule has 0 amide bonds. The normalized spacial score (nSPS) is 19.5. The van der Waals surface area contributed by atoms with Crippen molar-refractivity contribution in [2.75, 3.05) is 11.9 Å². The molecule has 0 spiro atoms. The van der Waals surface area contributed by atoms with Gasteiger partial charge in [0.15, 0.2) is 0 Å². The lowest BCUT2D eigenvalue weighted by Gasteiger charge is -2.45. The third kappa shape index (κ3) is 3.13. The van der Waals surface area contributed by atoms with E-state index in [4.69, 9.17) is 11.6 Å². The second kappa shape index (κ2) is 6.14. The van der Waals surface area contributed by atoms with Crippen molar-refractivity contribution in [2.45, 2.75) is 38.6 Å². The number of fused-ring (bicyclic) bond motifs is 1. The van der Waals surface area contributed by atoms with E-state index in [1.807, 2.05) is 6.07 Å². The van der Waals surface area contributed by atoms with Crippen molar-refractivity contribution in [1.29, 1.82) is 0 Å². The first-order valence-corrected chi connectivity index (χ1v) is 8.56. The summed E-state index contributed by atoms with van der Waals surface area (Å²) in [4.78, 5) is 6.78. The van der Waals surface area contributed by atoms with Crippen LogP contribution in [0.2, 0.25) is 5.02 Å². The van der Waals surface area contributed by atoms with E-state index in [1.165, 1.54) is 11.3 Å². The lowest BCUT2D eigenvalue weighted by molar-refractivity contribution is 0.395. The summed E-state index contributed by atoms with van der Waals surface area (Å²) in [5.41, 5.74) is 4.34. The highest BCUT2D eigenvalue weighted by Gasteiger charge is 2.34. The number of rotatable bonds is 2. The van der Waals surface area contributed by atoms with E-state index in [9.17, 15) is 5.11 Å². The lowest BCUT2D eigenvalue weighted by atomic mass is 9.80. The van der Waals surface area contributed by atoms with E-state index in [0.717, 1.165) is 17.7 Å². The molecule has 0 unspecified atom stereocenters. The minimum atomic E-state index is 0.122. The summed E-state index contributed by atoms with van der Waals surface area (Å²) in [5.74, 6) is 0.713. The zero-order valence-electron chi connectivity index (χ0n) is 14.5. The SMILES string of the molecule is C[C@H]1CC(C)(C)N(C)c2cc(Cl)c(C=Nc3ccc(O)cc3)cc21.